The normalized spacial score (nSPS) is 14.6. The van der Waals surface area contributed by atoms with Gasteiger partial charge in [-0.2, -0.15) is 4.98 Å². The fourth-order valence-electron chi connectivity index (χ4n) is 1.95. The summed E-state index contributed by atoms with van der Waals surface area (Å²) >= 11 is 0. The molecule has 18 heavy (non-hydrogen) atoms. The molecule has 5 heteroatoms. The molecule has 0 saturated carbocycles. The molecule has 0 aliphatic rings. The molecule has 0 amide bonds. The largest absolute Gasteiger partial charge is 0.453 e. The van der Waals surface area contributed by atoms with Crippen molar-refractivity contribution in [3.63, 3.8) is 0 Å². The molecule has 102 valence electrons. The van der Waals surface area contributed by atoms with Crippen molar-refractivity contribution in [3.05, 3.63) is 11.7 Å². The fourth-order valence-corrected chi connectivity index (χ4v) is 1.95. The first-order valence-corrected chi connectivity index (χ1v) is 6.38. The molecule has 0 aromatic carbocycles. The molecule has 0 aliphatic carbocycles. The highest BCUT2D eigenvalue weighted by Gasteiger charge is 2.19. The molecule has 0 fully saturated rings. The van der Waals surface area contributed by atoms with Crippen molar-refractivity contribution >= 4 is 5.97 Å². The lowest BCUT2D eigenvalue weighted by molar-refractivity contribution is -0.150. The zero-order valence-electron chi connectivity index (χ0n) is 11.8. The van der Waals surface area contributed by atoms with Crippen LogP contribution in [0, 0.1) is 18.8 Å². The molecule has 5 nitrogen and oxygen atoms in total. The number of esters is 1. The van der Waals surface area contributed by atoms with Gasteiger partial charge in [-0.25, -0.2) is 0 Å². The number of ether oxygens (including phenoxy) is 1. The lowest BCUT2D eigenvalue weighted by Gasteiger charge is -2.14. The number of rotatable bonds is 6. The van der Waals surface area contributed by atoms with Gasteiger partial charge in [0.2, 0.25) is 0 Å². The van der Waals surface area contributed by atoms with Crippen LogP contribution in [0.2, 0.25) is 0 Å². The van der Waals surface area contributed by atoms with Crippen LogP contribution in [0.4, 0.5) is 0 Å². The number of nitrogens with zero attached hydrogens (tertiary/aromatic N) is 2. The van der Waals surface area contributed by atoms with Gasteiger partial charge in [0.25, 0.3) is 5.89 Å². The van der Waals surface area contributed by atoms with Gasteiger partial charge in [0.15, 0.2) is 11.9 Å². The summed E-state index contributed by atoms with van der Waals surface area (Å²) in [5, 5.41) is 3.67. The summed E-state index contributed by atoms with van der Waals surface area (Å²) in [5.41, 5.74) is 0. The molecule has 1 aromatic rings. The van der Waals surface area contributed by atoms with Crippen molar-refractivity contribution in [2.75, 3.05) is 0 Å². The Bertz CT molecular complexity index is 387. The van der Waals surface area contributed by atoms with Crippen LogP contribution in [0.5, 0.6) is 0 Å². The van der Waals surface area contributed by atoms with Crippen LogP contribution in [0.15, 0.2) is 4.52 Å². The summed E-state index contributed by atoms with van der Waals surface area (Å²) in [5.74, 6) is 1.59. The first-order valence-electron chi connectivity index (χ1n) is 6.38. The Morgan fingerprint density at radius 3 is 2.50 bits per heavy atom. The zero-order valence-corrected chi connectivity index (χ0v) is 11.8. The van der Waals surface area contributed by atoms with Crippen molar-refractivity contribution < 1.29 is 14.1 Å². The fraction of sp³-hybridized carbons (Fsp3) is 0.769. The van der Waals surface area contributed by atoms with E-state index in [2.05, 4.69) is 30.9 Å². The molecule has 0 saturated heterocycles. The van der Waals surface area contributed by atoms with Crippen LogP contribution in [-0.2, 0) is 9.53 Å². The summed E-state index contributed by atoms with van der Waals surface area (Å²) in [7, 11) is 0. The van der Waals surface area contributed by atoms with E-state index in [1.54, 1.807) is 13.8 Å². The zero-order chi connectivity index (χ0) is 13.7. The van der Waals surface area contributed by atoms with Crippen molar-refractivity contribution in [2.24, 2.45) is 11.8 Å². The van der Waals surface area contributed by atoms with Crippen molar-refractivity contribution in [3.8, 4) is 0 Å². The molecular weight excluding hydrogens is 232 g/mol. The molecular formula is C13H22N2O3. The van der Waals surface area contributed by atoms with Crippen LogP contribution >= 0.6 is 0 Å². The number of aryl methyl sites for hydroxylation is 1. The molecule has 1 rings (SSSR count). The highest BCUT2D eigenvalue weighted by molar-refractivity contribution is 5.69. The lowest BCUT2D eigenvalue weighted by atomic mass is 9.96. The minimum atomic E-state index is -0.482. The summed E-state index contributed by atoms with van der Waals surface area (Å²) < 4.78 is 10.2. The van der Waals surface area contributed by atoms with Crippen LogP contribution < -0.4 is 0 Å². The second-order valence-corrected chi connectivity index (χ2v) is 5.25. The van der Waals surface area contributed by atoms with E-state index in [0.29, 0.717) is 30.0 Å². The summed E-state index contributed by atoms with van der Waals surface area (Å²) in [6.07, 6.45) is 0.962. The van der Waals surface area contributed by atoms with Gasteiger partial charge in [0, 0.05) is 6.42 Å². The van der Waals surface area contributed by atoms with Crippen molar-refractivity contribution in [2.45, 2.75) is 53.6 Å². The van der Waals surface area contributed by atoms with E-state index in [1.165, 1.54) is 0 Å². The van der Waals surface area contributed by atoms with Crippen LogP contribution in [-0.4, -0.2) is 16.1 Å². The molecule has 2 atom stereocenters. The molecule has 2 unspecified atom stereocenters. The maximum Gasteiger partial charge on any atom is 0.306 e. The van der Waals surface area contributed by atoms with Gasteiger partial charge in [-0.05, 0) is 32.1 Å². The Morgan fingerprint density at radius 1 is 1.33 bits per heavy atom. The van der Waals surface area contributed by atoms with Crippen LogP contribution in [0.25, 0.3) is 0 Å². The predicted octanol–water partition coefficient (Wildman–Crippen LogP) is 3.05. The van der Waals surface area contributed by atoms with Gasteiger partial charge in [0.05, 0.1) is 0 Å². The molecule has 0 aliphatic heterocycles. The highest BCUT2D eigenvalue weighted by atomic mass is 16.6. The molecule has 0 spiro atoms. The standard InChI is InChI=1S/C13H22N2O3/c1-8(2)6-9(3)7-12(16)17-10(4)13-14-11(5)15-18-13/h8-10H,6-7H2,1-5H3. The maximum absolute atomic E-state index is 11.7. The van der Waals surface area contributed by atoms with E-state index in [-0.39, 0.29) is 5.97 Å². The van der Waals surface area contributed by atoms with Gasteiger partial charge in [-0.15, -0.1) is 0 Å². The topological polar surface area (TPSA) is 65.2 Å². The monoisotopic (exact) mass is 254 g/mol. The molecule has 1 aromatic heterocycles. The summed E-state index contributed by atoms with van der Waals surface area (Å²) in [6.45, 7) is 9.81. The number of hydrogen-bond donors (Lipinski definition) is 0. The average Bonchev–Trinajstić information content (AvgIpc) is 2.62. The molecule has 0 radical (unpaired) electrons. The van der Waals surface area contributed by atoms with E-state index in [4.69, 9.17) is 9.26 Å². The average molecular weight is 254 g/mol. The van der Waals surface area contributed by atoms with Crippen LogP contribution in [0.3, 0.4) is 0 Å². The summed E-state index contributed by atoms with van der Waals surface area (Å²) in [4.78, 5) is 15.7. The smallest absolute Gasteiger partial charge is 0.306 e. The molecule has 0 N–H and O–H groups in total. The lowest BCUT2D eigenvalue weighted by Crippen LogP contribution is -2.13. The van der Waals surface area contributed by atoms with E-state index in [9.17, 15) is 4.79 Å². The van der Waals surface area contributed by atoms with Gasteiger partial charge in [-0.3, -0.25) is 4.79 Å². The minimum absolute atomic E-state index is 0.216. The number of carbonyl (C=O) groups is 1. The second-order valence-electron chi connectivity index (χ2n) is 5.25. The first kappa shape index (κ1) is 14.7. The van der Waals surface area contributed by atoms with E-state index in [0.717, 1.165) is 6.42 Å². The van der Waals surface area contributed by atoms with Crippen LogP contribution in [0.1, 0.15) is 58.4 Å². The number of carbonyl (C=O) groups excluding carboxylic acids is 1. The van der Waals surface area contributed by atoms with Crippen molar-refractivity contribution in [1.82, 2.24) is 10.1 Å². The van der Waals surface area contributed by atoms with Gasteiger partial charge in [-0.1, -0.05) is 25.9 Å². The van der Waals surface area contributed by atoms with Crippen molar-refractivity contribution in [1.29, 1.82) is 0 Å². The number of hydrogen-bond acceptors (Lipinski definition) is 5. The Kier molecular flexibility index (Phi) is 5.31. The Morgan fingerprint density at radius 2 is 2.00 bits per heavy atom. The Balaban J connectivity index is 2.40. The first-order chi connectivity index (χ1) is 8.38. The Hall–Kier alpha value is -1.39. The minimum Gasteiger partial charge on any atom is -0.453 e. The number of aromatic nitrogens is 2. The third-order valence-electron chi connectivity index (χ3n) is 2.59. The quantitative estimate of drug-likeness (QED) is 0.730. The van der Waals surface area contributed by atoms with Gasteiger partial charge >= 0.3 is 5.97 Å². The Labute approximate surface area is 108 Å². The second kappa shape index (κ2) is 6.52. The third kappa shape index (κ3) is 4.85. The van der Waals surface area contributed by atoms with E-state index < -0.39 is 6.10 Å². The van der Waals surface area contributed by atoms with Gasteiger partial charge < -0.3 is 9.26 Å². The SMILES string of the molecule is Cc1noc(C(C)OC(=O)CC(C)CC(C)C)n1. The molecule has 1 heterocycles. The highest BCUT2D eigenvalue weighted by Crippen LogP contribution is 2.19. The third-order valence-corrected chi connectivity index (χ3v) is 2.59. The predicted molar refractivity (Wildman–Crippen MR) is 66.8 cm³/mol. The summed E-state index contributed by atoms with van der Waals surface area (Å²) in [6, 6.07) is 0. The van der Waals surface area contributed by atoms with E-state index in [1.807, 2.05) is 0 Å². The van der Waals surface area contributed by atoms with E-state index >= 15 is 0 Å². The molecule has 0 bridgehead atoms. The van der Waals surface area contributed by atoms with Gasteiger partial charge in [0.1, 0.15) is 0 Å². The maximum atomic E-state index is 11.7.